The summed E-state index contributed by atoms with van der Waals surface area (Å²) in [5, 5.41) is 10.4. The van der Waals surface area contributed by atoms with E-state index < -0.39 is 9.84 Å². The average molecular weight is 307 g/mol. The molecule has 2 N–H and O–H groups in total. The largest absolute Gasteiger partial charge is 0.312 e. The van der Waals surface area contributed by atoms with E-state index in [-0.39, 0.29) is 0 Å². The number of hydrogen-bond acceptors (Lipinski definition) is 4. The summed E-state index contributed by atoms with van der Waals surface area (Å²) in [6.45, 7) is 6.00. The van der Waals surface area contributed by atoms with Gasteiger partial charge in [0, 0.05) is 18.4 Å². The Morgan fingerprint density at radius 3 is 2.48 bits per heavy atom. The fourth-order valence-corrected chi connectivity index (χ4v) is 2.69. The molecule has 2 rings (SSSR count). The normalized spacial score (nSPS) is 12.0. The van der Waals surface area contributed by atoms with Crippen LogP contribution in [-0.2, 0) is 16.4 Å². The zero-order valence-electron chi connectivity index (χ0n) is 12.6. The first kappa shape index (κ1) is 15.7. The van der Waals surface area contributed by atoms with Gasteiger partial charge in [0.1, 0.15) is 0 Å². The highest BCUT2D eigenvalue weighted by Crippen LogP contribution is 2.22. The number of sulfone groups is 1. The Labute approximate surface area is 125 Å². The van der Waals surface area contributed by atoms with E-state index in [0.717, 1.165) is 29.9 Å². The van der Waals surface area contributed by atoms with Gasteiger partial charge in [-0.3, -0.25) is 5.10 Å². The van der Waals surface area contributed by atoms with Crippen molar-refractivity contribution < 1.29 is 8.42 Å². The summed E-state index contributed by atoms with van der Waals surface area (Å²) in [4.78, 5) is 0.324. The molecule has 0 bridgehead atoms. The van der Waals surface area contributed by atoms with E-state index in [4.69, 9.17) is 0 Å². The molecule has 0 spiro atoms. The summed E-state index contributed by atoms with van der Waals surface area (Å²) >= 11 is 0. The van der Waals surface area contributed by atoms with Crippen molar-refractivity contribution in [3.05, 3.63) is 36.0 Å². The highest BCUT2D eigenvalue weighted by molar-refractivity contribution is 7.90. The molecule has 0 fully saturated rings. The van der Waals surface area contributed by atoms with Gasteiger partial charge in [-0.15, -0.1) is 0 Å². The number of rotatable bonds is 6. The van der Waals surface area contributed by atoms with Gasteiger partial charge in [0.05, 0.1) is 16.8 Å². The predicted molar refractivity (Wildman–Crippen MR) is 83.7 cm³/mol. The smallest absolute Gasteiger partial charge is 0.175 e. The molecule has 0 amide bonds. The van der Waals surface area contributed by atoms with Gasteiger partial charge in [-0.2, -0.15) is 5.10 Å². The van der Waals surface area contributed by atoms with E-state index in [9.17, 15) is 8.42 Å². The van der Waals surface area contributed by atoms with E-state index in [0.29, 0.717) is 10.8 Å². The van der Waals surface area contributed by atoms with E-state index in [1.807, 2.05) is 0 Å². The zero-order valence-corrected chi connectivity index (χ0v) is 13.4. The van der Waals surface area contributed by atoms with Crippen molar-refractivity contribution >= 4 is 9.84 Å². The van der Waals surface area contributed by atoms with E-state index in [2.05, 4.69) is 29.4 Å². The predicted octanol–water partition coefficient (Wildman–Crippen LogP) is 2.23. The van der Waals surface area contributed by atoms with Crippen molar-refractivity contribution in [2.24, 2.45) is 5.92 Å². The Balaban J connectivity index is 2.17. The SMILES string of the molecule is CC(C)CNCc1cn[nH]c1-c1ccc(S(C)(=O)=O)cc1. The summed E-state index contributed by atoms with van der Waals surface area (Å²) in [5.74, 6) is 0.592. The summed E-state index contributed by atoms with van der Waals surface area (Å²) in [5.41, 5.74) is 2.93. The lowest BCUT2D eigenvalue weighted by molar-refractivity contribution is 0.553. The highest BCUT2D eigenvalue weighted by atomic mass is 32.2. The van der Waals surface area contributed by atoms with Crippen LogP contribution in [0.2, 0.25) is 0 Å². The van der Waals surface area contributed by atoms with Crippen molar-refractivity contribution in [1.82, 2.24) is 15.5 Å². The number of nitrogens with one attached hydrogen (secondary N) is 2. The van der Waals surface area contributed by atoms with Crippen LogP contribution < -0.4 is 5.32 Å². The fraction of sp³-hybridized carbons (Fsp3) is 0.400. The van der Waals surface area contributed by atoms with Crippen LogP contribution in [0.4, 0.5) is 0 Å². The molecule has 0 unspecified atom stereocenters. The average Bonchev–Trinajstić information content (AvgIpc) is 2.86. The molecule has 21 heavy (non-hydrogen) atoms. The van der Waals surface area contributed by atoms with Gasteiger partial charge in [0.2, 0.25) is 0 Å². The van der Waals surface area contributed by atoms with Crippen molar-refractivity contribution in [1.29, 1.82) is 0 Å². The Bertz CT molecular complexity index is 688. The third-order valence-electron chi connectivity index (χ3n) is 3.16. The van der Waals surface area contributed by atoms with Gasteiger partial charge < -0.3 is 5.32 Å². The monoisotopic (exact) mass is 307 g/mol. The molecule has 1 heterocycles. The van der Waals surface area contributed by atoms with Crippen LogP contribution in [-0.4, -0.2) is 31.4 Å². The first-order chi connectivity index (χ1) is 9.88. The van der Waals surface area contributed by atoms with Gasteiger partial charge in [0.15, 0.2) is 9.84 Å². The number of benzene rings is 1. The van der Waals surface area contributed by atoms with E-state index in [1.165, 1.54) is 6.26 Å². The van der Waals surface area contributed by atoms with Gasteiger partial charge in [-0.1, -0.05) is 26.0 Å². The molecule has 0 atom stereocenters. The summed E-state index contributed by atoms with van der Waals surface area (Å²) < 4.78 is 22.9. The van der Waals surface area contributed by atoms with Crippen LogP contribution in [0.5, 0.6) is 0 Å². The van der Waals surface area contributed by atoms with Gasteiger partial charge in [0.25, 0.3) is 0 Å². The minimum absolute atomic E-state index is 0.324. The second-order valence-electron chi connectivity index (χ2n) is 5.59. The number of aromatic amines is 1. The molecule has 0 saturated carbocycles. The summed E-state index contributed by atoms with van der Waals surface area (Å²) in [7, 11) is -3.16. The Hall–Kier alpha value is -1.66. The maximum Gasteiger partial charge on any atom is 0.175 e. The van der Waals surface area contributed by atoms with Crippen molar-refractivity contribution in [2.75, 3.05) is 12.8 Å². The Morgan fingerprint density at radius 1 is 1.24 bits per heavy atom. The molecule has 5 nitrogen and oxygen atoms in total. The van der Waals surface area contributed by atoms with Gasteiger partial charge >= 0.3 is 0 Å². The first-order valence-corrected chi connectivity index (χ1v) is 8.80. The number of nitrogens with zero attached hydrogens (tertiary/aromatic N) is 1. The topological polar surface area (TPSA) is 74.8 Å². The van der Waals surface area contributed by atoms with E-state index >= 15 is 0 Å². The Kier molecular flexibility index (Phi) is 4.80. The third-order valence-corrected chi connectivity index (χ3v) is 4.29. The zero-order chi connectivity index (χ0) is 15.5. The number of H-pyrrole nitrogens is 1. The van der Waals surface area contributed by atoms with Crippen molar-refractivity contribution in [3.8, 4) is 11.3 Å². The maximum absolute atomic E-state index is 11.5. The minimum atomic E-state index is -3.16. The molecule has 6 heteroatoms. The van der Waals surface area contributed by atoms with Crippen LogP contribution in [0.1, 0.15) is 19.4 Å². The molecular weight excluding hydrogens is 286 g/mol. The van der Waals surface area contributed by atoms with Crippen LogP contribution in [0.3, 0.4) is 0 Å². The molecule has 0 aliphatic rings. The fourth-order valence-electron chi connectivity index (χ4n) is 2.06. The highest BCUT2D eigenvalue weighted by Gasteiger charge is 2.10. The van der Waals surface area contributed by atoms with Crippen molar-refractivity contribution in [3.63, 3.8) is 0 Å². The van der Waals surface area contributed by atoms with Crippen LogP contribution >= 0.6 is 0 Å². The molecule has 0 aliphatic carbocycles. The van der Waals surface area contributed by atoms with Crippen molar-refractivity contribution in [2.45, 2.75) is 25.3 Å². The van der Waals surface area contributed by atoms with Gasteiger partial charge in [-0.05, 0) is 30.2 Å². The van der Waals surface area contributed by atoms with Gasteiger partial charge in [-0.25, -0.2) is 8.42 Å². The third kappa shape index (κ3) is 4.15. The van der Waals surface area contributed by atoms with E-state index in [1.54, 1.807) is 30.5 Å². The first-order valence-electron chi connectivity index (χ1n) is 6.91. The number of hydrogen-bond donors (Lipinski definition) is 2. The molecule has 1 aromatic carbocycles. The molecule has 0 aliphatic heterocycles. The molecule has 0 radical (unpaired) electrons. The number of aromatic nitrogens is 2. The van der Waals surface area contributed by atoms with Crippen LogP contribution in [0, 0.1) is 5.92 Å². The second-order valence-corrected chi connectivity index (χ2v) is 7.61. The summed E-state index contributed by atoms with van der Waals surface area (Å²) in [6, 6.07) is 6.85. The molecule has 114 valence electrons. The molecule has 1 aromatic heterocycles. The molecular formula is C15H21N3O2S. The lowest BCUT2D eigenvalue weighted by Gasteiger charge is -2.08. The lowest BCUT2D eigenvalue weighted by atomic mass is 10.1. The second kappa shape index (κ2) is 6.41. The quantitative estimate of drug-likeness (QED) is 0.858. The summed E-state index contributed by atoms with van der Waals surface area (Å²) in [6.07, 6.45) is 3.01. The lowest BCUT2D eigenvalue weighted by Crippen LogP contribution is -2.19. The molecule has 2 aromatic rings. The van der Waals surface area contributed by atoms with Crippen LogP contribution in [0.25, 0.3) is 11.3 Å². The van der Waals surface area contributed by atoms with Crippen LogP contribution in [0.15, 0.2) is 35.4 Å². The molecule has 0 saturated heterocycles. The maximum atomic E-state index is 11.5. The standard InChI is InChI=1S/C15H21N3O2S/c1-11(2)8-16-9-13-10-17-18-15(13)12-4-6-14(7-5-12)21(3,19)20/h4-7,10-11,16H,8-9H2,1-3H3,(H,17,18). The minimum Gasteiger partial charge on any atom is -0.312 e. The Morgan fingerprint density at radius 2 is 1.90 bits per heavy atom.